The average molecular weight is 346 g/mol. The molecule has 132 valence electrons. The Kier molecular flexibility index (Phi) is 5.99. The standard InChI is InChI=1S/C22H22N2O2/c1-17-11-13-23-16-20(17)8-10-22(25)24-12-4-14-26-21-9-7-18-5-2-3-6-19(18)15-21/h2-3,5-11,13,15-16H,4,12,14H2,1H3,(H,24,25)/b10-8+. The smallest absolute Gasteiger partial charge is 0.244 e. The predicted octanol–water partition coefficient (Wildman–Crippen LogP) is 4.14. The Bertz CT molecular complexity index is 919. The van der Waals surface area contributed by atoms with E-state index in [4.69, 9.17) is 4.74 Å². The Hall–Kier alpha value is -3.14. The second-order valence-corrected chi connectivity index (χ2v) is 6.07. The Morgan fingerprint density at radius 2 is 2.00 bits per heavy atom. The van der Waals surface area contributed by atoms with E-state index in [1.54, 1.807) is 18.5 Å². The van der Waals surface area contributed by atoms with E-state index in [1.807, 2.05) is 37.3 Å². The minimum atomic E-state index is -0.112. The number of amides is 1. The fourth-order valence-electron chi connectivity index (χ4n) is 2.61. The van der Waals surface area contributed by atoms with E-state index in [0.717, 1.165) is 28.7 Å². The first-order valence-corrected chi connectivity index (χ1v) is 8.70. The summed E-state index contributed by atoms with van der Waals surface area (Å²) >= 11 is 0. The molecule has 1 amide bonds. The van der Waals surface area contributed by atoms with Gasteiger partial charge in [-0.3, -0.25) is 9.78 Å². The molecule has 1 N–H and O–H groups in total. The first kappa shape index (κ1) is 17.7. The molecule has 2 aromatic carbocycles. The topological polar surface area (TPSA) is 51.2 Å². The molecule has 0 atom stereocenters. The number of ether oxygens (including phenoxy) is 1. The maximum Gasteiger partial charge on any atom is 0.244 e. The van der Waals surface area contributed by atoms with Gasteiger partial charge in [0.1, 0.15) is 5.75 Å². The summed E-state index contributed by atoms with van der Waals surface area (Å²) in [5.41, 5.74) is 2.04. The lowest BCUT2D eigenvalue weighted by molar-refractivity contribution is -0.116. The molecule has 1 aromatic heterocycles. The fraction of sp³-hybridized carbons (Fsp3) is 0.182. The second kappa shape index (κ2) is 8.81. The number of nitrogens with zero attached hydrogens (tertiary/aromatic N) is 1. The molecular formula is C22H22N2O2. The van der Waals surface area contributed by atoms with Gasteiger partial charge in [0.05, 0.1) is 6.61 Å². The van der Waals surface area contributed by atoms with Crippen LogP contribution in [0.1, 0.15) is 17.5 Å². The van der Waals surface area contributed by atoms with Crippen LogP contribution in [0.15, 0.2) is 67.0 Å². The molecule has 0 saturated carbocycles. The third-order valence-electron chi connectivity index (χ3n) is 4.10. The molecule has 3 aromatic rings. The van der Waals surface area contributed by atoms with Crippen LogP contribution in [0.25, 0.3) is 16.8 Å². The SMILES string of the molecule is Cc1ccncc1/C=C/C(=O)NCCCOc1ccc2ccccc2c1. The number of aromatic nitrogens is 1. The van der Waals surface area contributed by atoms with E-state index >= 15 is 0 Å². The van der Waals surface area contributed by atoms with E-state index < -0.39 is 0 Å². The van der Waals surface area contributed by atoms with Crippen LogP contribution in [0.5, 0.6) is 5.75 Å². The number of aryl methyl sites for hydroxylation is 1. The van der Waals surface area contributed by atoms with Gasteiger partial charge in [0, 0.05) is 25.0 Å². The second-order valence-electron chi connectivity index (χ2n) is 6.07. The number of hydrogen-bond donors (Lipinski definition) is 1. The zero-order chi connectivity index (χ0) is 18.2. The van der Waals surface area contributed by atoms with Crippen molar-refractivity contribution in [3.63, 3.8) is 0 Å². The van der Waals surface area contributed by atoms with Crippen molar-refractivity contribution >= 4 is 22.8 Å². The van der Waals surface area contributed by atoms with Gasteiger partial charge in [0.25, 0.3) is 0 Å². The third kappa shape index (κ3) is 4.93. The molecule has 0 spiro atoms. The molecule has 0 radical (unpaired) electrons. The lowest BCUT2D eigenvalue weighted by Gasteiger charge is -2.07. The van der Waals surface area contributed by atoms with Crippen LogP contribution in [0.4, 0.5) is 0 Å². The van der Waals surface area contributed by atoms with Gasteiger partial charge in [-0.15, -0.1) is 0 Å². The molecular weight excluding hydrogens is 324 g/mol. The molecule has 0 aliphatic carbocycles. The van der Waals surface area contributed by atoms with E-state index in [9.17, 15) is 4.79 Å². The van der Waals surface area contributed by atoms with Crippen LogP contribution < -0.4 is 10.1 Å². The number of nitrogens with one attached hydrogen (secondary N) is 1. The first-order valence-electron chi connectivity index (χ1n) is 8.70. The zero-order valence-electron chi connectivity index (χ0n) is 14.8. The van der Waals surface area contributed by atoms with Gasteiger partial charge in [0.2, 0.25) is 5.91 Å². The molecule has 4 nitrogen and oxygen atoms in total. The Balaban J connectivity index is 1.39. The van der Waals surface area contributed by atoms with Crippen LogP contribution in [0.3, 0.4) is 0 Å². The van der Waals surface area contributed by atoms with Gasteiger partial charge < -0.3 is 10.1 Å². The number of hydrogen-bond acceptors (Lipinski definition) is 3. The Morgan fingerprint density at radius 1 is 1.15 bits per heavy atom. The summed E-state index contributed by atoms with van der Waals surface area (Å²) in [6.07, 6.45) is 7.55. The van der Waals surface area contributed by atoms with Gasteiger partial charge in [-0.2, -0.15) is 0 Å². The lowest BCUT2D eigenvalue weighted by atomic mass is 10.1. The number of carbonyl (C=O) groups is 1. The predicted molar refractivity (Wildman–Crippen MR) is 105 cm³/mol. The molecule has 4 heteroatoms. The van der Waals surface area contributed by atoms with Crippen molar-refractivity contribution < 1.29 is 9.53 Å². The summed E-state index contributed by atoms with van der Waals surface area (Å²) in [5.74, 6) is 0.737. The van der Waals surface area contributed by atoms with Crippen molar-refractivity contribution in [3.8, 4) is 5.75 Å². The van der Waals surface area contributed by atoms with Crippen LogP contribution in [0.2, 0.25) is 0 Å². The van der Waals surface area contributed by atoms with Crippen LogP contribution in [-0.4, -0.2) is 24.0 Å². The quantitative estimate of drug-likeness (QED) is 0.517. The summed E-state index contributed by atoms with van der Waals surface area (Å²) in [5, 5.41) is 5.22. The molecule has 1 heterocycles. The van der Waals surface area contributed by atoms with E-state index in [2.05, 4.69) is 28.5 Å². The molecule has 0 bridgehead atoms. The van der Waals surface area contributed by atoms with Crippen LogP contribution >= 0.6 is 0 Å². The highest BCUT2D eigenvalue weighted by molar-refractivity contribution is 5.91. The van der Waals surface area contributed by atoms with Gasteiger partial charge in [-0.1, -0.05) is 30.3 Å². The van der Waals surface area contributed by atoms with E-state index in [0.29, 0.717) is 13.2 Å². The number of carbonyl (C=O) groups excluding carboxylic acids is 1. The van der Waals surface area contributed by atoms with Crippen molar-refractivity contribution in [1.29, 1.82) is 0 Å². The number of rotatable bonds is 7. The summed E-state index contributed by atoms with van der Waals surface area (Å²) in [4.78, 5) is 15.9. The van der Waals surface area contributed by atoms with Crippen molar-refractivity contribution in [2.75, 3.05) is 13.2 Å². The average Bonchev–Trinajstić information content (AvgIpc) is 2.67. The van der Waals surface area contributed by atoms with Crippen LogP contribution in [-0.2, 0) is 4.79 Å². The molecule has 0 unspecified atom stereocenters. The minimum Gasteiger partial charge on any atom is -0.494 e. The molecule has 0 saturated heterocycles. The first-order chi connectivity index (χ1) is 12.7. The summed E-state index contributed by atoms with van der Waals surface area (Å²) in [6, 6.07) is 16.2. The van der Waals surface area contributed by atoms with Gasteiger partial charge in [-0.05, 0) is 59.5 Å². The van der Waals surface area contributed by atoms with E-state index in [1.165, 1.54) is 11.5 Å². The summed E-state index contributed by atoms with van der Waals surface area (Å²) < 4.78 is 5.76. The zero-order valence-corrected chi connectivity index (χ0v) is 14.8. The Morgan fingerprint density at radius 3 is 2.85 bits per heavy atom. The fourth-order valence-corrected chi connectivity index (χ4v) is 2.61. The maximum atomic E-state index is 11.8. The molecule has 0 aliphatic heterocycles. The highest BCUT2D eigenvalue weighted by atomic mass is 16.5. The largest absolute Gasteiger partial charge is 0.494 e. The summed E-state index contributed by atoms with van der Waals surface area (Å²) in [7, 11) is 0. The van der Waals surface area contributed by atoms with Gasteiger partial charge in [-0.25, -0.2) is 0 Å². The van der Waals surface area contributed by atoms with Crippen molar-refractivity contribution in [1.82, 2.24) is 10.3 Å². The highest BCUT2D eigenvalue weighted by Crippen LogP contribution is 2.20. The van der Waals surface area contributed by atoms with E-state index in [-0.39, 0.29) is 5.91 Å². The number of benzene rings is 2. The maximum absolute atomic E-state index is 11.8. The molecule has 3 rings (SSSR count). The number of pyridine rings is 1. The van der Waals surface area contributed by atoms with Crippen LogP contribution in [0, 0.1) is 6.92 Å². The van der Waals surface area contributed by atoms with Crippen molar-refractivity contribution in [2.24, 2.45) is 0 Å². The highest BCUT2D eigenvalue weighted by Gasteiger charge is 1.99. The van der Waals surface area contributed by atoms with Crippen molar-refractivity contribution in [3.05, 3.63) is 78.1 Å². The molecule has 0 fully saturated rings. The normalized spacial score (nSPS) is 11.0. The van der Waals surface area contributed by atoms with Crippen molar-refractivity contribution in [2.45, 2.75) is 13.3 Å². The number of fused-ring (bicyclic) bond motifs is 1. The monoisotopic (exact) mass is 346 g/mol. The van der Waals surface area contributed by atoms with Gasteiger partial charge >= 0.3 is 0 Å². The molecule has 0 aliphatic rings. The molecule has 26 heavy (non-hydrogen) atoms. The lowest BCUT2D eigenvalue weighted by Crippen LogP contribution is -2.23. The Labute approximate surface area is 153 Å². The minimum absolute atomic E-state index is 0.112. The van der Waals surface area contributed by atoms with Gasteiger partial charge in [0.15, 0.2) is 0 Å². The third-order valence-corrected chi connectivity index (χ3v) is 4.10. The summed E-state index contributed by atoms with van der Waals surface area (Å²) in [6.45, 7) is 3.12.